The van der Waals surface area contributed by atoms with E-state index in [-0.39, 0.29) is 17.7 Å². The van der Waals surface area contributed by atoms with Gasteiger partial charge in [0, 0.05) is 43.6 Å². The van der Waals surface area contributed by atoms with Crippen molar-refractivity contribution in [3.8, 4) is 0 Å². The first-order valence-electron chi connectivity index (χ1n) is 12.7. The highest BCUT2D eigenvalue weighted by Crippen LogP contribution is 2.35. The van der Waals surface area contributed by atoms with Gasteiger partial charge in [0.05, 0.1) is 0 Å². The van der Waals surface area contributed by atoms with Gasteiger partial charge in [-0.3, -0.25) is 9.59 Å². The number of hydrogen-bond donors (Lipinski definition) is 0. The topological polar surface area (TPSA) is 66.7 Å². The minimum absolute atomic E-state index is 0.128. The van der Waals surface area contributed by atoms with Crippen molar-refractivity contribution >= 4 is 22.9 Å². The number of nitrogens with zero attached hydrogens (tertiary/aromatic N) is 3. The zero-order valence-corrected chi connectivity index (χ0v) is 19.5. The molecule has 6 heteroatoms. The third-order valence-corrected chi connectivity index (χ3v) is 8.04. The van der Waals surface area contributed by atoms with Crippen LogP contribution in [0, 0.1) is 11.8 Å². The number of amides is 2. The predicted octanol–water partition coefficient (Wildman–Crippen LogP) is 5.00. The molecule has 1 aliphatic carbocycles. The molecule has 2 fully saturated rings. The molecular weight excluding hydrogens is 426 g/mol. The Bertz CT molecular complexity index is 1170. The Morgan fingerprint density at radius 1 is 0.941 bits per heavy atom. The Labute approximate surface area is 199 Å². The summed E-state index contributed by atoms with van der Waals surface area (Å²) in [5.74, 6) is 2.20. The van der Waals surface area contributed by atoms with Gasteiger partial charge in [-0.05, 0) is 68.2 Å². The van der Waals surface area contributed by atoms with Crippen molar-refractivity contribution in [1.29, 1.82) is 0 Å². The van der Waals surface area contributed by atoms with Crippen LogP contribution in [0.1, 0.15) is 66.3 Å². The average molecular weight is 458 g/mol. The molecule has 1 saturated carbocycles. The molecule has 0 unspecified atom stereocenters. The number of carbonyl (C=O) groups excluding carboxylic acids is 2. The van der Waals surface area contributed by atoms with E-state index in [0.717, 1.165) is 92.8 Å². The van der Waals surface area contributed by atoms with Crippen LogP contribution in [0.3, 0.4) is 0 Å². The van der Waals surface area contributed by atoms with Gasteiger partial charge >= 0.3 is 0 Å². The van der Waals surface area contributed by atoms with Crippen LogP contribution in [0.2, 0.25) is 0 Å². The summed E-state index contributed by atoms with van der Waals surface area (Å²) in [6.45, 7) is 3.10. The first kappa shape index (κ1) is 21.4. The smallest absolute Gasteiger partial charge is 0.254 e. The van der Waals surface area contributed by atoms with E-state index in [1.165, 1.54) is 0 Å². The number of para-hydroxylation sites is 2. The fraction of sp³-hybridized carbons (Fsp3) is 0.464. The van der Waals surface area contributed by atoms with Crippen molar-refractivity contribution in [3.63, 3.8) is 0 Å². The Morgan fingerprint density at radius 2 is 1.68 bits per heavy atom. The highest BCUT2D eigenvalue weighted by atomic mass is 16.3. The molecule has 0 radical (unpaired) electrons. The van der Waals surface area contributed by atoms with E-state index in [2.05, 4.69) is 16.0 Å². The molecule has 0 atom stereocenters. The molecule has 0 bridgehead atoms. The second-order valence-electron chi connectivity index (χ2n) is 10.2. The van der Waals surface area contributed by atoms with Crippen LogP contribution >= 0.6 is 0 Å². The fourth-order valence-electron chi connectivity index (χ4n) is 6.04. The maximum atomic E-state index is 13.2. The van der Waals surface area contributed by atoms with E-state index in [0.29, 0.717) is 11.8 Å². The zero-order chi connectivity index (χ0) is 23.1. The van der Waals surface area contributed by atoms with Crippen LogP contribution in [-0.4, -0.2) is 46.2 Å². The van der Waals surface area contributed by atoms with Gasteiger partial charge in [0.15, 0.2) is 11.5 Å². The number of fused-ring (bicyclic) bond motifs is 2. The van der Waals surface area contributed by atoms with Crippen molar-refractivity contribution in [1.82, 2.24) is 14.8 Å². The average Bonchev–Trinajstić information content (AvgIpc) is 3.46. The van der Waals surface area contributed by atoms with E-state index in [1.54, 1.807) is 0 Å². The molecule has 2 amide bonds. The summed E-state index contributed by atoms with van der Waals surface area (Å²) in [5, 5.41) is 0. The van der Waals surface area contributed by atoms with Crippen LogP contribution in [-0.2, 0) is 11.3 Å². The summed E-state index contributed by atoms with van der Waals surface area (Å²) in [6, 6.07) is 15.8. The lowest BCUT2D eigenvalue weighted by molar-refractivity contribution is -0.138. The van der Waals surface area contributed by atoms with E-state index in [9.17, 15) is 9.59 Å². The number of carbonyl (C=O) groups is 2. The maximum Gasteiger partial charge on any atom is 0.254 e. The van der Waals surface area contributed by atoms with E-state index in [1.807, 2.05) is 47.4 Å². The quantitative estimate of drug-likeness (QED) is 0.553. The zero-order valence-electron chi connectivity index (χ0n) is 19.5. The fourth-order valence-corrected chi connectivity index (χ4v) is 6.04. The molecule has 2 aromatic carbocycles. The normalized spacial score (nSPS) is 23.5. The number of piperidine rings is 1. The van der Waals surface area contributed by atoms with E-state index >= 15 is 0 Å². The Balaban J connectivity index is 0.988. The van der Waals surface area contributed by atoms with Crippen LogP contribution in [0.4, 0.5) is 0 Å². The maximum absolute atomic E-state index is 13.2. The molecule has 176 valence electrons. The predicted molar refractivity (Wildman–Crippen MR) is 129 cm³/mol. The molecule has 2 aliphatic heterocycles. The largest absolute Gasteiger partial charge is 0.440 e. The first-order chi connectivity index (χ1) is 16.7. The molecule has 3 heterocycles. The number of rotatable bonds is 4. The highest BCUT2D eigenvalue weighted by Gasteiger charge is 2.35. The van der Waals surface area contributed by atoms with Gasteiger partial charge in [-0.1, -0.05) is 30.3 Å². The Kier molecular flexibility index (Phi) is 5.60. The number of hydrogen-bond acceptors (Lipinski definition) is 4. The van der Waals surface area contributed by atoms with Crippen molar-refractivity contribution in [2.75, 3.05) is 19.6 Å². The molecule has 34 heavy (non-hydrogen) atoms. The summed E-state index contributed by atoms with van der Waals surface area (Å²) in [7, 11) is 0. The monoisotopic (exact) mass is 457 g/mol. The highest BCUT2D eigenvalue weighted by molar-refractivity contribution is 5.98. The Hall–Kier alpha value is -3.15. The SMILES string of the molecule is O=C1c2ccccc2CN1CC1CCC(C(=O)N2CCC(c3nc4ccccc4o3)CC2)CC1. The standard InChI is InChI=1S/C28H31N3O3/c32-27(30-15-13-20(14-16-30)26-29-24-7-3-4-8-25(24)34-26)21-11-9-19(10-12-21)17-31-18-22-5-1-2-6-23(22)28(31)33/h1-8,19-21H,9-18H2. The lowest BCUT2D eigenvalue weighted by Crippen LogP contribution is -2.43. The van der Waals surface area contributed by atoms with Gasteiger partial charge in [-0.15, -0.1) is 0 Å². The molecule has 1 saturated heterocycles. The van der Waals surface area contributed by atoms with Crippen molar-refractivity contribution in [3.05, 3.63) is 65.5 Å². The van der Waals surface area contributed by atoms with Crippen LogP contribution in [0.25, 0.3) is 11.1 Å². The Morgan fingerprint density at radius 3 is 2.44 bits per heavy atom. The molecule has 1 aromatic heterocycles. The molecule has 0 spiro atoms. The minimum atomic E-state index is 0.128. The van der Waals surface area contributed by atoms with Crippen molar-refractivity contribution in [2.24, 2.45) is 11.8 Å². The second kappa shape index (κ2) is 8.90. The summed E-state index contributed by atoms with van der Waals surface area (Å²) in [6.07, 6.45) is 5.73. The number of aromatic nitrogens is 1. The van der Waals surface area contributed by atoms with Gasteiger partial charge in [-0.25, -0.2) is 4.98 Å². The van der Waals surface area contributed by atoms with Crippen LogP contribution < -0.4 is 0 Å². The summed E-state index contributed by atoms with van der Waals surface area (Å²) >= 11 is 0. The van der Waals surface area contributed by atoms with Gasteiger partial charge in [0.2, 0.25) is 5.91 Å². The lowest BCUT2D eigenvalue weighted by atomic mass is 9.80. The van der Waals surface area contributed by atoms with Crippen molar-refractivity contribution in [2.45, 2.75) is 51.0 Å². The molecule has 6 rings (SSSR count). The van der Waals surface area contributed by atoms with Crippen LogP contribution in [0.5, 0.6) is 0 Å². The number of oxazole rings is 1. The number of likely N-dealkylation sites (tertiary alicyclic amines) is 1. The summed E-state index contributed by atoms with van der Waals surface area (Å²) in [5.41, 5.74) is 3.74. The van der Waals surface area contributed by atoms with Crippen LogP contribution in [0.15, 0.2) is 52.9 Å². The van der Waals surface area contributed by atoms with Gasteiger partial charge in [0.1, 0.15) is 5.52 Å². The second-order valence-corrected chi connectivity index (χ2v) is 10.2. The minimum Gasteiger partial charge on any atom is -0.440 e. The van der Waals surface area contributed by atoms with Gasteiger partial charge in [-0.2, -0.15) is 0 Å². The molecule has 0 N–H and O–H groups in total. The van der Waals surface area contributed by atoms with E-state index < -0.39 is 0 Å². The van der Waals surface area contributed by atoms with Gasteiger partial charge in [0.25, 0.3) is 5.91 Å². The summed E-state index contributed by atoms with van der Waals surface area (Å²) in [4.78, 5) is 34.6. The lowest BCUT2D eigenvalue weighted by Gasteiger charge is -2.36. The molecule has 3 aliphatic rings. The third kappa shape index (κ3) is 3.99. The molecule has 3 aromatic rings. The van der Waals surface area contributed by atoms with Crippen molar-refractivity contribution < 1.29 is 14.0 Å². The molecular formula is C28H31N3O3. The number of benzene rings is 2. The third-order valence-electron chi connectivity index (χ3n) is 8.04. The van der Waals surface area contributed by atoms with E-state index in [4.69, 9.17) is 4.42 Å². The molecule has 6 nitrogen and oxygen atoms in total. The first-order valence-corrected chi connectivity index (χ1v) is 12.7. The van der Waals surface area contributed by atoms with Gasteiger partial charge < -0.3 is 14.2 Å². The summed E-state index contributed by atoms with van der Waals surface area (Å²) < 4.78 is 5.97.